The van der Waals surface area contributed by atoms with Gasteiger partial charge in [-0.25, -0.2) is 0 Å². The van der Waals surface area contributed by atoms with Gasteiger partial charge in [-0.15, -0.1) is 11.3 Å². The van der Waals surface area contributed by atoms with Gasteiger partial charge in [0, 0.05) is 23.3 Å². The van der Waals surface area contributed by atoms with Crippen LogP contribution in [0.15, 0.2) is 48.1 Å². The van der Waals surface area contributed by atoms with E-state index in [4.69, 9.17) is 0 Å². The first-order chi connectivity index (χ1) is 8.77. The maximum atomic E-state index is 12.5. The van der Waals surface area contributed by atoms with Crippen LogP contribution in [-0.2, 0) is 0 Å². The predicted octanol–water partition coefficient (Wildman–Crippen LogP) is 3.84. The second kappa shape index (κ2) is 4.35. The van der Waals surface area contributed by atoms with Crippen LogP contribution in [0.25, 0.3) is 10.8 Å². The van der Waals surface area contributed by atoms with E-state index in [0.717, 1.165) is 26.8 Å². The summed E-state index contributed by atoms with van der Waals surface area (Å²) in [6, 6.07) is 9.63. The number of pyridine rings is 1. The summed E-state index contributed by atoms with van der Waals surface area (Å²) in [5, 5.41) is 3.91. The van der Waals surface area contributed by atoms with Crippen LogP contribution in [0.3, 0.4) is 0 Å². The van der Waals surface area contributed by atoms with Gasteiger partial charge in [-0.2, -0.15) is 0 Å². The smallest absolute Gasteiger partial charge is 0.203 e. The molecule has 18 heavy (non-hydrogen) atoms. The monoisotopic (exact) mass is 253 g/mol. The third-order valence-corrected chi connectivity index (χ3v) is 4.01. The number of aryl methyl sites for hydroxylation is 1. The quantitative estimate of drug-likeness (QED) is 0.649. The molecule has 0 spiro atoms. The van der Waals surface area contributed by atoms with E-state index in [0.29, 0.717) is 0 Å². The molecule has 0 fully saturated rings. The van der Waals surface area contributed by atoms with Crippen molar-refractivity contribution < 1.29 is 4.79 Å². The van der Waals surface area contributed by atoms with Crippen molar-refractivity contribution in [3.05, 3.63) is 64.1 Å². The van der Waals surface area contributed by atoms with Gasteiger partial charge in [-0.3, -0.25) is 9.78 Å². The van der Waals surface area contributed by atoms with E-state index in [1.165, 1.54) is 11.3 Å². The maximum absolute atomic E-state index is 12.5. The highest BCUT2D eigenvalue weighted by atomic mass is 32.1. The highest BCUT2D eigenvalue weighted by Crippen LogP contribution is 2.24. The number of aromatic nitrogens is 1. The van der Waals surface area contributed by atoms with E-state index in [9.17, 15) is 4.79 Å². The summed E-state index contributed by atoms with van der Waals surface area (Å²) in [5.41, 5.74) is 1.79. The first-order valence-electron chi connectivity index (χ1n) is 5.69. The van der Waals surface area contributed by atoms with Crippen LogP contribution in [-0.4, -0.2) is 10.8 Å². The Morgan fingerprint density at radius 2 is 2.11 bits per heavy atom. The normalized spacial score (nSPS) is 10.7. The molecule has 0 saturated carbocycles. The molecular formula is C15H11NOS. The molecule has 0 aliphatic carbocycles. The van der Waals surface area contributed by atoms with Crippen LogP contribution in [0.4, 0.5) is 0 Å². The van der Waals surface area contributed by atoms with Crippen molar-refractivity contribution >= 4 is 27.9 Å². The van der Waals surface area contributed by atoms with Crippen LogP contribution in [0.5, 0.6) is 0 Å². The lowest BCUT2D eigenvalue weighted by Crippen LogP contribution is -2.01. The Hall–Kier alpha value is -2.00. The standard InChI is InChI=1S/C15H11NOS/c1-10-6-8-18-15(10)14(17)13-4-2-3-11-9-16-7-5-12(11)13/h2-9H,1H3. The molecule has 0 N–H and O–H groups in total. The molecule has 0 bridgehead atoms. The Balaban J connectivity index is 2.21. The summed E-state index contributed by atoms with van der Waals surface area (Å²) < 4.78 is 0. The van der Waals surface area contributed by atoms with Crippen molar-refractivity contribution in [1.82, 2.24) is 4.98 Å². The summed E-state index contributed by atoms with van der Waals surface area (Å²) in [5.74, 6) is 0.0966. The van der Waals surface area contributed by atoms with Crippen LogP contribution >= 0.6 is 11.3 Å². The molecule has 2 aromatic heterocycles. The summed E-state index contributed by atoms with van der Waals surface area (Å²) >= 11 is 1.50. The minimum Gasteiger partial charge on any atom is -0.288 e. The van der Waals surface area contributed by atoms with Crippen molar-refractivity contribution in [2.24, 2.45) is 0 Å². The third kappa shape index (κ3) is 1.73. The average molecular weight is 253 g/mol. The Morgan fingerprint density at radius 1 is 1.22 bits per heavy atom. The molecule has 2 nitrogen and oxygen atoms in total. The van der Waals surface area contributed by atoms with Gasteiger partial charge in [0.2, 0.25) is 5.78 Å². The summed E-state index contributed by atoms with van der Waals surface area (Å²) in [6.07, 6.45) is 3.51. The van der Waals surface area contributed by atoms with E-state index in [1.807, 2.05) is 42.6 Å². The first-order valence-corrected chi connectivity index (χ1v) is 6.57. The molecule has 0 aliphatic heterocycles. The van der Waals surface area contributed by atoms with Gasteiger partial charge in [-0.1, -0.05) is 18.2 Å². The lowest BCUT2D eigenvalue weighted by atomic mass is 10.0. The number of thiophene rings is 1. The van der Waals surface area contributed by atoms with Crippen LogP contribution in [0.2, 0.25) is 0 Å². The molecule has 0 amide bonds. The molecule has 0 unspecified atom stereocenters. The van der Waals surface area contributed by atoms with E-state index < -0.39 is 0 Å². The number of fused-ring (bicyclic) bond motifs is 1. The van der Waals surface area contributed by atoms with Crippen LogP contribution in [0.1, 0.15) is 20.8 Å². The van der Waals surface area contributed by atoms with Gasteiger partial charge in [-0.05, 0) is 35.4 Å². The molecule has 0 atom stereocenters. The molecule has 3 rings (SSSR count). The van der Waals surface area contributed by atoms with Gasteiger partial charge < -0.3 is 0 Å². The molecule has 0 saturated heterocycles. The van der Waals surface area contributed by atoms with Crippen LogP contribution < -0.4 is 0 Å². The molecule has 0 aliphatic rings. The SMILES string of the molecule is Cc1ccsc1C(=O)c1cccc2cnccc12. The van der Waals surface area contributed by atoms with Gasteiger partial charge in [0.25, 0.3) is 0 Å². The lowest BCUT2D eigenvalue weighted by molar-refractivity contribution is 0.104. The molecule has 3 aromatic rings. The van der Waals surface area contributed by atoms with Crippen molar-refractivity contribution in [2.75, 3.05) is 0 Å². The predicted molar refractivity (Wildman–Crippen MR) is 74.2 cm³/mol. The van der Waals surface area contributed by atoms with Crippen molar-refractivity contribution in [3.63, 3.8) is 0 Å². The zero-order valence-electron chi connectivity index (χ0n) is 9.88. The fourth-order valence-corrected chi connectivity index (χ4v) is 2.93. The number of ketones is 1. The van der Waals surface area contributed by atoms with E-state index >= 15 is 0 Å². The molecule has 2 heterocycles. The van der Waals surface area contributed by atoms with Crippen molar-refractivity contribution in [2.45, 2.75) is 6.92 Å². The lowest BCUT2D eigenvalue weighted by Gasteiger charge is -2.04. The van der Waals surface area contributed by atoms with Gasteiger partial charge >= 0.3 is 0 Å². The number of rotatable bonds is 2. The fourth-order valence-electron chi connectivity index (χ4n) is 2.05. The Labute approximate surface area is 109 Å². The highest BCUT2D eigenvalue weighted by molar-refractivity contribution is 7.12. The van der Waals surface area contributed by atoms with E-state index in [1.54, 1.807) is 12.4 Å². The summed E-state index contributed by atoms with van der Waals surface area (Å²) in [7, 11) is 0. The largest absolute Gasteiger partial charge is 0.288 e. The first kappa shape index (κ1) is 11.1. The minimum absolute atomic E-state index is 0.0966. The Bertz CT molecular complexity index is 725. The van der Waals surface area contributed by atoms with Gasteiger partial charge in [0.1, 0.15) is 0 Å². The number of carbonyl (C=O) groups excluding carboxylic acids is 1. The number of hydrogen-bond donors (Lipinski definition) is 0. The average Bonchev–Trinajstić information content (AvgIpc) is 2.83. The van der Waals surface area contributed by atoms with Gasteiger partial charge in [0.05, 0.1) is 4.88 Å². The molecule has 3 heteroatoms. The molecular weight excluding hydrogens is 242 g/mol. The zero-order valence-corrected chi connectivity index (χ0v) is 10.7. The third-order valence-electron chi connectivity index (χ3n) is 2.99. The maximum Gasteiger partial charge on any atom is 0.203 e. The van der Waals surface area contributed by atoms with Gasteiger partial charge in [0.15, 0.2) is 0 Å². The summed E-state index contributed by atoms with van der Waals surface area (Å²) in [4.78, 5) is 17.4. The van der Waals surface area contributed by atoms with Crippen LogP contribution in [0, 0.1) is 6.92 Å². The number of carbonyl (C=O) groups is 1. The van der Waals surface area contributed by atoms with E-state index in [2.05, 4.69) is 4.98 Å². The van der Waals surface area contributed by atoms with Crippen molar-refractivity contribution in [1.29, 1.82) is 0 Å². The molecule has 88 valence electrons. The minimum atomic E-state index is 0.0966. The Morgan fingerprint density at radius 3 is 2.89 bits per heavy atom. The highest BCUT2D eigenvalue weighted by Gasteiger charge is 2.15. The second-order valence-electron chi connectivity index (χ2n) is 4.16. The second-order valence-corrected chi connectivity index (χ2v) is 5.08. The number of benzene rings is 1. The number of nitrogens with zero attached hydrogens (tertiary/aromatic N) is 1. The van der Waals surface area contributed by atoms with Crippen molar-refractivity contribution in [3.8, 4) is 0 Å². The molecule has 1 aromatic carbocycles. The summed E-state index contributed by atoms with van der Waals surface area (Å²) in [6.45, 7) is 1.97. The Kier molecular flexibility index (Phi) is 2.68. The molecule has 0 radical (unpaired) electrons. The van der Waals surface area contributed by atoms with E-state index in [-0.39, 0.29) is 5.78 Å². The zero-order chi connectivity index (χ0) is 12.5. The fraction of sp³-hybridized carbons (Fsp3) is 0.0667. The number of hydrogen-bond acceptors (Lipinski definition) is 3. The topological polar surface area (TPSA) is 30.0 Å².